The quantitative estimate of drug-likeness (QED) is 0.734. The number of pyridine rings is 1. The van der Waals surface area contributed by atoms with Gasteiger partial charge in [0.25, 0.3) is 0 Å². The number of carbonyl (C=O) groups is 1. The summed E-state index contributed by atoms with van der Waals surface area (Å²) in [5, 5.41) is 15.4. The first-order valence-corrected chi connectivity index (χ1v) is 5.90. The van der Waals surface area contributed by atoms with Crippen LogP contribution in [0.3, 0.4) is 0 Å². The number of nitrogens with zero attached hydrogens (tertiary/aromatic N) is 1. The predicted octanol–water partition coefficient (Wildman–Crippen LogP) is 1.12. The van der Waals surface area contributed by atoms with Crippen LogP contribution in [0.4, 0.5) is 5.82 Å². The molecule has 2 rings (SSSR count). The van der Waals surface area contributed by atoms with Crippen molar-refractivity contribution >= 4 is 11.7 Å². The van der Waals surface area contributed by atoms with Gasteiger partial charge in [-0.3, -0.25) is 4.79 Å². The highest BCUT2D eigenvalue weighted by Crippen LogP contribution is 2.20. The van der Waals surface area contributed by atoms with E-state index in [1.165, 1.54) is 12.3 Å². The molecule has 1 unspecified atom stereocenters. The Bertz CT molecular complexity index is 389. The Kier molecular flexibility index (Phi) is 3.93. The molecular formula is C12H17N3O2. The van der Waals surface area contributed by atoms with Crippen LogP contribution >= 0.6 is 0 Å². The summed E-state index contributed by atoms with van der Waals surface area (Å²) in [6.07, 6.45) is 4.21. The van der Waals surface area contributed by atoms with Gasteiger partial charge in [-0.05, 0) is 44.0 Å². The molecular weight excluding hydrogens is 218 g/mol. The third-order valence-electron chi connectivity index (χ3n) is 2.92. The van der Waals surface area contributed by atoms with Crippen LogP contribution in [0.1, 0.15) is 19.3 Å². The van der Waals surface area contributed by atoms with Crippen LogP contribution in [0.25, 0.3) is 0 Å². The highest BCUT2D eigenvalue weighted by molar-refractivity contribution is 5.91. The fraction of sp³-hybridized carbons (Fsp3) is 0.500. The van der Waals surface area contributed by atoms with E-state index < -0.39 is 0 Å². The molecule has 2 heterocycles. The van der Waals surface area contributed by atoms with Gasteiger partial charge in [0.15, 0.2) is 11.6 Å². The average molecular weight is 235 g/mol. The maximum Gasteiger partial charge on any atom is 0.225 e. The van der Waals surface area contributed by atoms with E-state index in [1.54, 1.807) is 6.07 Å². The first-order valence-electron chi connectivity index (χ1n) is 5.90. The molecule has 0 aromatic carbocycles. The van der Waals surface area contributed by atoms with Crippen molar-refractivity contribution in [3.8, 4) is 5.75 Å². The molecule has 0 aliphatic carbocycles. The molecule has 1 fully saturated rings. The summed E-state index contributed by atoms with van der Waals surface area (Å²) < 4.78 is 0. The number of nitrogens with one attached hydrogen (secondary N) is 2. The van der Waals surface area contributed by atoms with Crippen molar-refractivity contribution in [2.24, 2.45) is 5.92 Å². The molecule has 1 aliphatic rings. The Labute approximate surface area is 100 Å². The minimum atomic E-state index is -0.0901. The van der Waals surface area contributed by atoms with Gasteiger partial charge >= 0.3 is 0 Å². The van der Waals surface area contributed by atoms with Gasteiger partial charge in [-0.2, -0.15) is 0 Å². The molecule has 3 N–H and O–H groups in total. The topological polar surface area (TPSA) is 74.2 Å². The largest absolute Gasteiger partial charge is 0.504 e. The second-order valence-electron chi connectivity index (χ2n) is 4.34. The number of hydrogen-bond donors (Lipinski definition) is 3. The monoisotopic (exact) mass is 235 g/mol. The van der Waals surface area contributed by atoms with E-state index in [2.05, 4.69) is 15.6 Å². The van der Waals surface area contributed by atoms with Crippen molar-refractivity contribution in [2.45, 2.75) is 19.3 Å². The molecule has 1 aliphatic heterocycles. The van der Waals surface area contributed by atoms with Crippen LogP contribution in [0, 0.1) is 5.92 Å². The lowest BCUT2D eigenvalue weighted by Crippen LogP contribution is -2.32. The van der Waals surface area contributed by atoms with Crippen molar-refractivity contribution in [1.29, 1.82) is 0 Å². The van der Waals surface area contributed by atoms with E-state index in [4.69, 9.17) is 0 Å². The van der Waals surface area contributed by atoms with Crippen LogP contribution in [0.15, 0.2) is 18.3 Å². The lowest BCUT2D eigenvalue weighted by atomic mass is 9.96. The number of piperidine rings is 1. The van der Waals surface area contributed by atoms with Crippen LogP contribution in [0.2, 0.25) is 0 Å². The molecule has 0 spiro atoms. The van der Waals surface area contributed by atoms with E-state index in [1.807, 2.05) is 0 Å². The molecule has 1 saturated heterocycles. The van der Waals surface area contributed by atoms with Crippen LogP contribution in [-0.4, -0.2) is 29.1 Å². The van der Waals surface area contributed by atoms with Crippen molar-refractivity contribution < 1.29 is 9.90 Å². The summed E-state index contributed by atoms with van der Waals surface area (Å²) in [5.41, 5.74) is 0. The highest BCUT2D eigenvalue weighted by atomic mass is 16.3. The summed E-state index contributed by atoms with van der Waals surface area (Å²) in [6, 6.07) is 3.13. The highest BCUT2D eigenvalue weighted by Gasteiger charge is 2.17. The van der Waals surface area contributed by atoms with Crippen molar-refractivity contribution in [3.05, 3.63) is 18.3 Å². The zero-order chi connectivity index (χ0) is 12.1. The molecule has 17 heavy (non-hydrogen) atoms. The second kappa shape index (κ2) is 5.63. The molecule has 0 bridgehead atoms. The molecule has 1 aromatic rings. The zero-order valence-electron chi connectivity index (χ0n) is 9.65. The normalized spacial score (nSPS) is 19.9. The van der Waals surface area contributed by atoms with Gasteiger partial charge in [-0.1, -0.05) is 0 Å². The number of aromatic nitrogens is 1. The van der Waals surface area contributed by atoms with Crippen LogP contribution in [0.5, 0.6) is 5.75 Å². The van der Waals surface area contributed by atoms with Gasteiger partial charge in [-0.15, -0.1) is 0 Å². The van der Waals surface area contributed by atoms with E-state index >= 15 is 0 Å². The zero-order valence-corrected chi connectivity index (χ0v) is 9.65. The van der Waals surface area contributed by atoms with Gasteiger partial charge < -0.3 is 15.7 Å². The summed E-state index contributed by atoms with van der Waals surface area (Å²) in [4.78, 5) is 15.7. The number of carbonyl (C=O) groups excluding carboxylic acids is 1. The fourth-order valence-electron chi connectivity index (χ4n) is 2.04. The molecule has 92 valence electrons. The Morgan fingerprint density at radius 2 is 2.53 bits per heavy atom. The third-order valence-corrected chi connectivity index (χ3v) is 2.92. The second-order valence-corrected chi connectivity index (χ2v) is 4.34. The first kappa shape index (κ1) is 11.9. The van der Waals surface area contributed by atoms with Gasteiger partial charge in [0.2, 0.25) is 5.91 Å². The van der Waals surface area contributed by atoms with E-state index in [0.29, 0.717) is 12.3 Å². The molecule has 5 heteroatoms. The van der Waals surface area contributed by atoms with Gasteiger partial charge in [0, 0.05) is 12.6 Å². The molecule has 5 nitrogen and oxygen atoms in total. The van der Waals surface area contributed by atoms with Gasteiger partial charge in [0.1, 0.15) is 0 Å². The maximum absolute atomic E-state index is 11.7. The molecule has 0 saturated carbocycles. The number of aromatic hydroxyl groups is 1. The van der Waals surface area contributed by atoms with Gasteiger partial charge in [0.05, 0.1) is 0 Å². The maximum atomic E-state index is 11.7. The SMILES string of the molecule is O=C(CC1CCCNC1)Nc1ncccc1O. The standard InChI is InChI=1S/C12H17N3O2/c16-10-4-2-6-14-12(10)15-11(17)7-9-3-1-5-13-8-9/h2,4,6,9,13,16H,1,3,5,7-8H2,(H,14,15,17). The Morgan fingerprint density at radius 3 is 3.24 bits per heavy atom. The Hall–Kier alpha value is -1.62. The van der Waals surface area contributed by atoms with Crippen molar-refractivity contribution in [2.75, 3.05) is 18.4 Å². The smallest absolute Gasteiger partial charge is 0.225 e. The molecule has 0 radical (unpaired) electrons. The third kappa shape index (κ3) is 3.42. The minimum Gasteiger partial charge on any atom is -0.504 e. The van der Waals surface area contributed by atoms with E-state index in [-0.39, 0.29) is 17.5 Å². The number of hydrogen-bond acceptors (Lipinski definition) is 4. The molecule has 1 amide bonds. The summed E-state index contributed by atoms with van der Waals surface area (Å²) in [6.45, 7) is 1.93. The van der Waals surface area contributed by atoms with Crippen molar-refractivity contribution in [3.63, 3.8) is 0 Å². The summed E-state index contributed by atoms with van der Waals surface area (Å²) in [5.74, 6) is 0.534. The molecule has 1 aromatic heterocycles. The van der Waals surface area contributed by atoms with E-state index in [0.717, 1.165) is 25.9 Å². The van der Waals surface area contributed by atoms with Crippen LogP contribution in [-0.2, 0) is 4.79 Å². The average Bonchev–Trinajstić information content (AvgIpc) is 2.33. The minimum absolute atomic E-state index is 0.00243. The molecule has 1 atom stereocenters. The fourth-order valence-corrected chi connectivity index (χ4v) is 2.04. The van der Waals surface area contributed by atoms with Crippen molar-refractivity contribution in [1.82, 2.24) is 10.3 Å². The first-order chi connectivity index (χ1) is 8.25. The number of rotatable bonds is 3. The Morgan fingerprint density at radius 1 is 1.65 bits per heavy atom. The Balaban J connectivity index is 1.86. The van der Waals surface area contributed by atoms with Gasteiger partial charge in [-0.25, -0.2) is 4.98 Å². The summed E-state index contributed by atoms with van der Waals surface area (Å²) in [7, 11) is 0. The lowest BCUT2D eigenvalue weighted by Gasteiger charge is -2.21. The number of amides is 1. The lowest BCUT2D eigenvalue weighted by molar-refractivity contribution is -0.117. The summed E-state index contributed by atoms with van der Waals surface area (Å²) >= 11 is 0. The number of anilines is 1. The van der Waals surface area contributed by atoms with Crippen LogP contribution < -0.4 is 10.6 Å². The van der Waals surface area contributed by atoms with E-state index in [9.17, 15) is 9.90 Å². The predicted molar refractivity (Wildman–Crippen MR) is 64.7 cm³/mol.